The lowest BCUT2D eigenvalue weighted by atomic mass is 9.98. The van der Waals surface area contributed by atoms with Gasteiger partial charge in [0.25, 0.3) is 0 Å². The summed E-state index contributed by atoms with van der Waals surface area (Å²) in [4.78, 5) is 25.1. The van der Waals surface area contributed by atoms with E-state index in [-0.39, 0.29) is 18.5 Å². The zero-order valence-electron chi connectivity index (χ0n) is 12.6. The van der Waals surface area contributed by atoms with Gasteiger partial charge in [0.15, 0.2) is 0 Å². The van der Waals surface area contributed by atoms with E-state index in [9.17, 15) is 9.59 Å². The second-order valence-corrected chi connectivity index (χ2v) is 7.07. The lowest BCUT2D eigenvalue weighted by Gasteiger charge is -2.36. The third-order valence-electron chi connectivity index (χ3n) is 5.51. The van der Waals surface area contributed by atoms with Crippen molar-refractivity contribution < 1.29 is 14.7 Å². The Kier molecular flexibility index (Phi) is 4.09. The highest BCUT2D eigenvalue weighted by molar-refractivity contribution is 5.75. The molecule has 3 rings (SSSR count). The van der Waals surface area contributed by atoms with Crippen LogP contribution in [0.5, 0.6) is 0 Å². The first-order valence-corrected chi connectivity index (χ1v) is 8.37. The first-order valence-electron chi connectivity index (χ1n) is 8.37. The summed E-state index contributed by atoms with van der Waals surface area (Å²) in [6.07, 6.45) is 9.00. The maximum atomic E-state index is 12.4. The summed E-state index contributed by atoms with van der Waals surface area (Å²) in [6, 6.07) is 0.128. The fourth-order valence-electron chi connectivity index (χ4n) is 3.80. The van der Waals surface area contributed by atoms with Crippen LogP contribution in [0.25, 0.3) is 0 Å². The number of amides is 2. The summed E-state index contributed by atoms with van der Waals surface area (Å²) in [6.45, 7) is 1.59. The summed E-state index contributed by atoms with van der Waals surface area (Å²) in [5.74, 6) is 0.0774. The van der Waals surface area contributed by atoms with Gasteiger partial charge in [-0.2, -0.15) is 0 Å². The SMILES string of the molecule is O=C(O)CCC1CCCCN1C(=O)NCC1(C2CC2)CC1. The molecule has 1 aliphatic heterocycles. The number of nitrogens with zero attached hydrogens (tertiary/aromatic N) is 1. The first kappa shape index (κ1) is 14.7. The molecule has 0 aromatic heterocycles. The number of carbonyl (C=O) groups excluding carboxylic acids is 1. The van der Waals surface area contributed by atoms with Crippen LogP contribution >= 0.6 is 0 Å². The summed E-state index contributed by atoms with van der Waals surface area (Å²) in [7, 11) is 0. The van der Waals surface area contributed by atoms with Crippen molar-refractivity contribution in [3.8, 4) is 0 Å². The number of hydrogen-bond donors (Lipinski definition) is 2. The number of carboxylic acid groups (broad SMARTS) is 1. The average Bonchev–Trinajstić information content (AvgIpc) is 3.35. The molecule has 1 heterocycles. The zero-order chi connectivity index (χ0) is 14.9. The molecule has 1 atom stereocenters. The fourth-order valence-corrected chi connectivity index (χ4v) is 3.80. The van der Waals surface area contributed by atoms with Crippen LogP contribution < -0.4 is 5.32 Å². The minimum Gasteiger partial charge on any atom is -0.481 e. The van der Waals surface area contributed by atoms with Crippen LogP contribution in [-0.4, -0.2) is 41.1 Å². The first-order chi connectivity index (χ1) is 10.1. The van der Waals surface area contributed by atoms with Gasteiger partial charge in [0.1, 0.15) is 0 Å². The van der Waals surface area contributed by atoms with Crippen molar-refractivity contribution in [3.63, 3.8) is 0 Å². The third kappa shape index (κ3) is 3.50. The molecule has 0 aromatic carbocycles. The Labute approximate surface area is 126 Å². The summed E-state index contributed by atoms with van der Waals surface area (Å²) in [5, 5.41) is 12.0. The Bertz CT molecular complexity index is 416. The van der Waals surface area contributed by atoms with Crippen LogP contribution in [0, 0.1) is 11.3 Å². The zero-order valence-corrected chi connectivity index (χ0v) is 12.6. The van der Waals surface area contributed by atoms with Crippen molar-refractivity contribution in [1.82, 2.24) is 10.2 Å². The van der Waals surface area contributed by atoms with Crippen molar-refractivity contribution in [2.45, 2.75) is 63.8 Å². The fraction of sp³-hybridized carbons (Fsp3) is 0.875. The summed E-state index contributed by atoms with van der Waals surface area (Å²) in [5.41, 5.74) is 0.419. The number of carboxylic acids is 1. The van der Waals surface area contributed by atoms with Gasteiger partial charge >= 0.3 is 12.0 Å². The number of rotatable bonds is 6. The van der Waals surface area contributed by atoms with Gasteiger partial charge in [0.2, 0.25) is 0 Å². The van der Waals surface area contributed by atoms with Crippen LogP contribution in [0.2, 0.25) is 0 Å². The standard InChI is InChI=1S/C16H26N2O3/c19-14(20)7-6-13-3-1-2-10-18(13)15(21)17-11-16(8-9-16)12-4-5-12/h12-13H,1-11H2,(H,17,21)(H,19,20). The quantitative estimate of drug-likeness (QED) is 0.791. The number of hydrogen-bond acceptors (Lipinski definition) is 2. The van der Waals surface area contributed by atoms with Gasteiger partial charge in [-0.1, -0.05) is 0 Å². The lowest BCUT2D eigenvalue weighted by Crippen LogP contribution is -2.50. The Hall–Kier alpha value is -1.26. The lowest BCUT2D eigenvalue weighted by molar-refractivity contribution is -0.137. The van der Waals surface area contributed by atoms with E-state index < -0.39 is 5.97 Å². The Morgan fingerprint density at radius 1 is 1.19 bits per heavy atom. The Morgan fingerprint density at radius 3 is 2.57 bits per heavy atom. The van der Waals surface area contributed by atoms with E-state index >= 15 is 0 Å². The number of carbonyl (C=O) groups is 2. The van der Waals surface area contributed by atoms with Gasteiger partial charge in [-0.3, -0.25) is 4.79 Å². The predicted molar refractivity (Wildman–Crippen MR) is 79.0 cm³/mol. The monoisotopic (exact) mass is 294 g/mol. The topological polar surface area (TPSA) is 69.6 Å². The maximum absolute atomic E-state index is 12.4. The van der Waals surface area contributed by atoms with Gasteiger partial charge in [-0.25, -0.2) is 4.79 Å². The van der Waals surface area contributed by atoms with Crippen LogP contribution in [0.15, 0.2) is 0 Å². The molecule has 0 spiro atoms. The molecule has 3 fully saturated rings. The minimum atomic E-state index is -0.772. The summed E-state index contributed by atoms with van der Waals surface area (Å²) < 4.78 is 0. The maximum Gasteiger partial charge on any atom is 0.317 e. The molecule has 2 N–H and O–H groups in total. The molecule has 1 unspecified atom stereocenters. The molecule has 2 aliphatic carbocycles. The van der Waals surface area contributed by atoms with Crippen LogP contribution in [0.3, 0.4) is 0 Å². The molecular weight excluding hydrogens is 268 g/mol. The molecule has 1 saturated heterocycles. The number of nitrogens with one attached hydrogen (secondary N) is 1. The molecule has 2 amide bonds. The molecule has 3 aliphatic rings. The highest BCUT2D eigenvalue weighted by Crippen LogP contribution is 2.60. The van der Waals surface area contributed by atoms with E-state index in [1.54, 1.807) is 0 Å². The number of likely N-dealkylation sites (tertiary alicyclic amines) is 1. The molecule has 0 bridgehead atoms. The van der Waals surface area contributed by atoms with Crippen LogP contribution in [0.4, 0.5) is 4.79 Å². The van der Waals surface area contributed by atoms with E-state index in [1.807, 2.05) is 4.90 Å². The molecule has 2 saturated carbocycles. The van der Waals surface area contributed by atoms with E-state index in [0.29, 0.717) is 11.8 Å². The molecule has 21 heavy (non-hydrogen) atoms. The molecule has 118 valence electrons. The predicted octanol–water partition coefficient (Wildman–Crippen LogP) is 2.61. The molecule has 0 aromatic rings. The summed E-state index contributed by atoms with van der Waals surface area (Å²) >= 11 is 0. The molecule has 5 nitrogen and oxygen atoms in total. The highest BCUT2D eigenvalue weighted by Gasteiger charge is 2.53. The Morgan fingerprint density at radius 2 is 1.95 bits per heavy atom. The molecule has 0 radical (unpaired) electrons. The molecular formula is C16H26N2O3. The van der Waals surface area contributed by atoms with E-state index in [4.69, 9.17) is 5.11 Å². The van der Waals surface area contributed by atoms with Crippen molar-refractivity contribution in [3.05, 3.63) is 0 Å². The largest absolute Gasteiger partial charge is 0.481 e. The van der Waals surface area contributed by atoms with Crippen LogP contribution in [0.1, 0.15) is 57.8 Å². The molecule has 5 heteroatoms. The average molecular weight is 294 g/mol. The Balaban J connectivity index is 1.50. The van der Waals surface area contributed by atoms with Gasteiger partial charge < -0.3 is 15.3 Å². The van der Waals surface area contributed by atoms with E-state index in [0.717, 1.165) is 38.3 Å². The van der Waals surface area contributed by atoms with Crippen molar-refractivity contribution in [2.24, 2.45) is 11.3 Å². The smallest absolute Gasteiger partial charge is 0.317 e. The highest BCUT2D eigenvalue weighted by atomic mass is 16.4. The van der Waals surface area contributed by atoms with Crippen molar-refractivity contribution in [1.29, 1.82) is 0 Å². The van der Waals surface area contributed by atoms with Crippen LogP contribution in [-0.2, 0) is 4.79 Å². The van der Waals surface area contributed by atoms with E-state index in [2.05, 4.69) is 5.32 Å². The number of urea groups is 1. The van der Waals surface area contributed by atoms with Crippen molar-refractivity contribution >= 4 is 12.0 Å². The second-order valence-electron chi connectivity index (χ2n) is 7.07. The third-order valence-corrected chi connectivity index (χ3v) is 5.51. The van der Waals surface area contributed by atoms with Gasteiger partial charge in [-0.15, -0.1) is 0 Å². The number of piperidine rings is 1. The van der Waals surface area contributed by atoms with Crippen molar-refractivity contribution in [2.75, 3.05) is 13.1 Å². The number of aliphatic carboxylic acids is 1. The minimum absolute atomic E-state index is 0.0250. The normalized spacial score (nSPS) is 27.2. The van der Waals surface area contributed by atoms with Gasteiger partial charge in [-0.05, 0) is 62.7 Å². The van der Waals surface area contributed by atoms with E-state index in [1.165, 1.54) is 25.7 Å². The van der Waals surface area contributed by atoms with Gasteiger partial charge in [0.05, 0.1) is 0 Å². The van der Waals surface area contributed by atoms with Gasteiger partial charge in [0, 0.05) is 25.6 Å². The second kappa shape index (κ2) is 5.85.